The van der Waals surface area contributed by atoms with Crippen LogP contribution in [0, 0.1) is 6.92 Å². The highest BCUT2D eigenvalue weighted by Gasteiger charge is 2.22. The number of fused-ring (bicyclic) bond motifs is 1. The minimum absolute atomic E-state index is 0.180. The highest BCUT2D eigenvalue weighted by molar-refractivity contribution is 8.04. The van der Waals surface area contributed by atoms with Crippen molar-refractivity contribution in [3.05, 3.63) is 93.9 Å². The smallest absolute Gasteiger partial charge is 0.262 e. The Kier molecular flexibility index (Phi) is 6.09. The fraction of sp³-hybridized carbons (Fsp3) is 0.120. The first-order valence-electron chi connectivity index (χ1n) is 9.84. The van der Waals surface area contributed by atoms with Gasteiger partial charge in [-0.3, -0.25) is 9.59 Å². The second-order valence-corrected chi connectivity index (χ2v) is 8.30. The van der Waals surface area contributed by atoms with Gasteiger partial charge in [-0.15, -0.1) is 0 Å². The molecule has 0 saturated carbocycles. The van der Waals surface area contributed by atoms with Crippen molar-refractivity contribution >= 4 is 35.3 Å². The largest absolute Gasteiger partial charge is 0.497 e. The molecule has 0 bridgehead atoms. The highest BCUT2D eigenvalue weighted by atomic mass is 32.2. The summed E-state index contributed by atoms with van der Waals surface area (Å²) in [4.78, 5) is 26.6. The van der Waals surface area contributed by atoms with E-state index in [1.807, 2.05) is 67.6 Å². The number of aryl methyl sites for hydroxylation is 1. The van der Waals surface area contributed by atoms with Gasteiger partial charge < -0.3 is 15.4 Å². The first-order chi connectivity index (χ1) is 15.0. The maximum Gasteiger partial charge on any atom is 0.262 e. The van der Waals surface area contributed by atoms with Gasteiger partial charge in [0.05, 0.1) is 17.7 Å². The number of nitrogens with one attached hydrogen (secondary N) is 2. The molecule has 0 aliphatic carbocycles. The molecule has 2 N–H and O–H groups in total. The predicted molar refractivity (Wildman–Crippen MR) is 124 cm³/mol. The Hall–Kier alpha value is -3.51. The van der Waals surface area contributed by atoms with Crippen molar-refractivity contribution in [3.63, 3.8) is 0 Å². The van der Waals surface area contributed by atoms with E-state index in [2.05, 4.69) is 10.6 Å². The minimum Gasteiger partial charge on any atom is -0.497 e. The zero-order chi connectivity index (χ0) is 21.8. The molecule has 0 aromatic heterocycles. The summed E-state index contributed by atoms with van der Waals surface area (Å²) in [6.45, 7) is 2.48. The summed E-state index contributed by atoms with van der Waals surface area (Å²) in [5.41, 5.74) is 4.24. The molecule has 0 unspecified atom stereocenters. The Balaban J connectivity index is 1.47. The maximum atomic E-state index is 12.6. The lowest BCUT2D eigenvalue weighted by atomic mass is 10.1. The fourth-order valence-corrected chi connectivity index (χ4v) is 4.11. The lowest BCUT2D eigenvalue weighted by Crippen LogP contribution is -2.23. The number of hydrogen-bond donors (Lipinski definition) is 2. The molecule has 0 fully saturated rings. The van der Waals surface area contributed by atoms with Crippen LogP contribution in [0.4, 0.5) is 5.69 Å². The van der Waals surface area contributed by atoms with Crippen LogP contribution in [0.1, 0.15) is 27.0 Å². The summed E-state index contributed by atoms with van der Waals surface area (Å²) in [6.07, 6.45) is 1.83. The zero-order valence-corrected chi connectivity index (χ0v) is 18.1. The monoisotopic (exact) mass is 430 g/mol. The average Bonchev–Trinajstić information content (AvgIpc) is 2.79. The van der Waals surface area contributed by atoms with Gasteiger partial charge in [-0.1, -0.05) is 53.7 Å². The number of amides is 2. The summed E-state index contributed by atoms with van der Waals surface area (Å²) in [6, 6.07) is 20.9. The van der Waals surface area contributed by atoms with E-state index in [0.717, 1.165) is 21.8 Å². The second kappa shape index (κ2) is 9.10. The van der Waals surface area contributed by atoms with Crippen LogP contribution in [0.2, 0.25) is 0 Å². The van der Waals surface area contributed by atoms with Crippen molar-refractivity contribution in [3.8, 4) is 5.75 Å². The van der Waals surface area contributed by atoms with E-state index in [-0.39, 0.29) is 11.8 Å². The van der Waals surface area contributed by atoms with Gasteiger partial charge in [-0.25, -0.2) is 0 Å². The molecular weight excluding hydrogens is 408 g/mol. The van der Waals surface area contributed by atoms with Crippen molar-refractivity contribution in [1.82, 2.24) is 5.32 Å². The summed E-state index contributed by atoms with van der Waals surface area (Å²) < 4.78 is 5.24. The van der Waals surface area contributed by atoms with Gasteiger partial charge in [0.1, 0.15) is 5.75 Å². The molecule has 4 rings (SSSR count). The summed E-state index contributed by atoms with van der Waals surface area (Å²) in [7, 11) is 1.61. The van der Waals surface area contributed by atoms with Gasteiger partial charge in [0, 0.05) is 17.0 Å². The topological polar surface area (TPSA) is 67.4 Å². The van der Waals surface area contributed by atoms with E-state index in [1.165, 1.54) is 17.3 Å². The number of anilines is 1. The van der Waals surface area contributed by atoms with Gasteiger partial charge in [0.25, 0.3) is 11.8 Å². The Morgan fingerprint density at radius 3 is 2.68 bits per heavy atom. The molecule has 1 heterocycles. The Morgan fingerprint density at radius 1 is 1.10 bits per heavy atom. The summed E-state index contributed by atoms with van der Waals surface area (Å²) in [5.74, 6) is 0.357. The lowest BCUT2D eigenvalue weighted by molar-refractivity contribution is -0.112. The zero-order valence-electron chi connectivity index (χ0n) is 17.3. The van der Waals surface area contributed by atoms with Gasteiger partial charge >= 0.3 is 0 Å². The average molecular weight is 431 g/mol. The standard InChI is InChI=1S/C25H22N2O3S/c1-16-6-8-17(9-7-16)15-26-24(28)19-10-11-22-21(14-19)27-25(29)23(31-22)13-18-4-3-5-20(12-18)30-2/h3-14H,15H2,1-2H3,(H,26,28)(H,27,29)/b23-13+. The third-order valence-corrected chi connectivity index (χ3v) is 6.00. The van der Waals surface area contributed by atoms with Crippen molar-refractivity contribution in [1.29, 1.82) is 0 Å². The Morgan fingerprint density at radius 2 is 1.90 bits per heavy atom. The van der Waals surface area contributed by atoms with Crippen LogP contribution in [0.15, 0.2) is 76.5 Å². The third-order valence-electron chi connectivity index (χ3n) is 4.90. The van der Waals surface area contributed by atoms with Crippen LogP contribution in [0.5, 0.6) is 5.75 Å². The van der Waals surface area contributed by atoms with E-state index in [9.17, 15) is 9.59 Å². The van der Waals surface area contributed by atoms with Crippen LogP contribution < -0.4 is 15.4 Å². The number of hydrogen-bond acceptors (Lipinski definition) is 4. The molecule has 5 nitrogen and oxygen atoms in total. The Labute approximate surface area is 185 Å². The first-order valence-corrected chi connectivity index (χ1v) is 10.7. The normalized spacial score (nSPS) is 14.0. The van der Waals surface area contributed by atoms with E-state index < -0.39 is 0 Å². The van der Waals surface area contributed by atoms with Crippen molar-refractivity contribution < 1.29 is 14.3 Å². The summed E-state index contributed by atoms with van der Waals surface area (Å²) in [5, 5.41) is 5.82. The molecule has 31 heavy (non-hydrogen) atoms. The van der Waals surface area contributed by atoms with Crippen molar-refractivity contribution in [2.24, 2.45) is 0 Å². The van der Waals surface area contributed by atoms with Crippen LogP contribution >= 0.6 is 11.8 Å². The SMILES string of the molecule is COc1cccc(/C=C2/Sc3ccc(C(=O)NCc4ccc(C)cc4)cc3NC2=O)c1. The molecule has 3 aromatic carbocycles. The van der Waals surface area contributed by atoms with E-state index >= 15 is 0 Å². The number of thioether (sulfide) groups is 1. The molecule has 0 atom stereocenters. The van der Waals surface area contributed by atoms with Crippen LogP contribution in [0.3, 0.4) is 0 Å². The van der Waals surface area contributed by atoms with Gasteiger partial charge in [0.2, 0.25) is 0 Å². The van der Waals surface area contributed by atoms with Gasteiger partial charge in [0.15, 0.2) is 0 Å². The van der Waals surface area contributed by atoms with E-state index in [0.29, 0.717) is 22.7 Å². The van der Waals surface area contributed by atoms with Crippen LogP contribution in [-0.4, -0.2) is 18.9 Å². The molecule has 0 saturated heterocycles. The minimum atomic E-state index is -0.197. The van der Waals surface area contributed by atoms with Crippen molar-refractivity contribution in [2.75, 3.05) is 12.4 Å². The van der Waals surface area contributed by atoms with Crippen LogP contribution in [0.25, 0.3) is 6.08 Å². The molecule has 156 valence electrons. The molecule has 1 aliphatic rings. The molecular formula is C25H22N2O3S. The fourth-order valence-electron chi connectivity index (χ4n) is 3.17. The van der Waals surface area contributed by atoms with Crippen LogP contribution in [-0.2, 0) is 11.3 Å². The lowest BCUT2D eigenvalue weighted by Gasteiger charge is -2.19. The number of rotatable bonds is 5. The van der Waals surface area contributed by atoms with E-state index in [1.54, 1.807) is 19.2 Å². The van der Waals surface area contributed by atoms with Crippen molar-refractivity contribution in [2.45, 2.75) is 18.4 Å². The maximum absolute atomic E-state index is 12.6. The number of methoxy groups -OCH3 is 1. The van der Waals surface area contributed by atoms with E-state index in [4.69, 9.17) is 4.74 Å². The molecule has 0 radical (unpaired) electrons. The Bertz CT molecular complexity index is 1170. The quantitative estimate of drug-likeness (QED) is 0.558. The molecule has 3 aromatic rings. The highest BCUT2D eigenvalue weighted by Crippen LogP contribution is 2.39. The van der Waals surface area contributed by atoms with Gasteiger partial charge in [-0.2, -0.15) is 0 Å². The number of carbonyl (C=O) groups is 2. The first kappa shape index (κ1) is 20.8. The number of carbonyl (C=O) groups excluding carboxylic acids is 2. The molecule has 1 aliphatic heterocycles. The second-order valence-electron chi connectivity index (χ2n) is 7.22. The third kappa shape index (κ3) is 4.98. The van der Waals surface area contributed by atoms with Gasteiger partial charge in [-0.05, 0) is 54.5 Å². The molecule has 6 heteroatoms. The summed E-state index contributed by atoms with van der Waals surface area (Å²) >= 11 is 1.38. The number of ether oxygens (including phenoxy) is 1. The molecule has 0 spiro atoms. The number of benzene rings is 3. The predicted octanol–water partition coefficient (Wildman–Crippen LogP) is 5.02. The molecule has 2 amide bonds.